The number of fused-ring (bicyclic) bond motifs is 2. The molecule has 0 radical (unpaired) electrons. The van der Waals surface area contributed by atoms with Crippen molar-refractivity contribution in [3.05, 3.63) is 40.0 Å². The van der Waals surface area contributed by atoms with Gasteiger partial charge >= 0.3 is 5.97 Å². The minimum absolute atomic E-state index is 0.0558. The fourth-order valence-corrected chi connectivity index (χ4v) is 6.69. The molecule has 5 nitrogen and oxygen atoms in total. The SMILES string of the molecule is CC1(C)C2CC(NS(=O)(=O)c3ccc(I)cc3)C(CC=CCCCC(=O)O)C1C2. The zero-order valence-corrected chi connectivity index (χ0v) is 19.9. The van der Waals surface area contributed by atoms with Crippen molar-refractivity contribution in [1.82, 2.24) is 4.72 Å². The highest BCUT2D eigenvalue weighted by Crippen LogP contribution is 2.62. The molecular formula is C22H30INO4S. The van der Waals surface area contributed by atoms with Gasteiger partial charge in [-0.25, -0.2) is 13.1 Å². The van der Waals surface area contributed by atoms with E-state index in [1.165, 1.54) is 6.42 Å². The summed E-state index contributed by atoms with van der Waals surface area (Å²) in [4.78, 5) is 10.9. The van der Waals surface area contributed by atoms with Crippen LogP contribution in [-0.2, 0) is 14.8 Å². The lowest BCUT2D eigenvalue weighted by Gasteiger charge is -2.62. The normalized spacial score (nSPS) is 28.2. The van der Waals surface area contributed by atoms with Crippen LogP contribution in [-0.4, -0.2) is 25.5 Å². The first kappa shape index (κ1) is 22.7. The van der Waals surface area contributed by atoms with E-state index in [1.54, 1.807) is 12.1 Å². The van der Waals surface area contributed by atoms with Crippen LogP contribution in [0.2, 0.25) is 0 Å². The second kappa shape index (κ2) is 9.06. The van der Waals surface area contributed by atoms with Crippen LogP contribution in [0.1, 0.15) is 52.4 Å². The van der Waals surface area contributed by atoms with Crippen LogP contribution in [0.25, 0.3) is 0 Å². The van der Waals surface area contributed by atoms with Crippen molar-refractivity contribution >= 4 is 38.6 Å². The molecule has 3 aliphatic carbocycles. The van der Waals surface area contributed by atoms with E-state index in [-0.39, 0.29) is 23.8 Å². The molecule has 2 bridgehead atoms. The van der Waals surface area contributed by atoms with Crippen molar-refractivity contribution in [2.24, 2.45) is 23.2 Å². The van der Waals surface area contributed by atoms with Crippen LogP contribution >= 0.6 is 22.6 Å². The van der Waals surface area contributed by atoms with Gasteiger partial charge in [-0.2, -0.15) is 0 Å². The summed E-state index contributed by atoms with van der Waals surface area (Å²) in [6.07, 6.45) is 8.61. The Bertz CT molecular complexity index is 863. The third kappa shape index (κ3) is 5.22. The predicted octanol–water partition coefficient (Wildman–Crippen LogP) is 4.82. The number of allylic oxidation sites excluding steroid dienone is 2. The molecule has 0 saturated heterocycles. The third-order valence-electron chi connectivity index (χ3n) is 6.89. The van der Waals surface area contributed by atoms with Gasteiger partial charge in [0, 0.05) is 16.0 Å². The number of hydrogen-bond donors (Lipinski definition) is 2. The van der Waals surface area contributed by atoms with Crippen LogP contribution < -0.4 is 4.72 Å². The number of carboxylic acid groups (broad SMARTS) is 1. The third-order valence-corrected chi connectivity index (χ3v) is 9.11. The van der Waals surface area contributed by atoms with Gasteiger partial charge in [0.1, 0.15) is 0 Å². The Labute approximate surface area is 187 Å². The molecule has 1 aromatic rings. The topological polar surface area (TPSA) is 83.5 Å². The van der Waals surface area contributed by atoms with Gasteiger partial charge < -0.3 is 5.11 Å². The molecule has 0 amide bonds. The maximum absolute atomic E-state index is 12.9. The number of hydrogen-bond acceptors (Lipinski definition) is 3. The van der Waals surface area contributed by atoms with Gasteiger partial charge in [0.15, 0.2) is 0 Å². The van der Waals surface area contributed by atoms with E-state index in [4.69, 9.17) is 5.11 Å². The first-order valence-electron chi connectivity index (χ1n) is 10.3. The average Bonchev–Trinajstić information content (AvgIpc) is 2.64. The fourth-order valence-electron chi connectivity index (χ4n) is 5.03. The van der Waals surface area contributed by atoms with Crippen LogP contribution in [0.3, 0.4) is 0 Å². The fraction of sp³-hybridized carbons (Fsp3) is 0.591. The molecule has 29 heavy (non-hydrogen) atoms. The highest BCUT2D eigenvalue weighted by molar-refractivity contribution is 14.1. The molecule has 3 aliphatic rings. The number of sulfonamides is 1. The minimum atomic E-state index is -3.54. The molecule has 3 saturated carbocycles. The lowest BCUT2D eigenvalue weighted by molar-refractivity contribution is -0.137. The van der Waals surface area contributed by atoms with E-state index in [0.717, 1.165) is 22.8 Å². The zero-order valence-electron chi connectivity index (χ0n) is 17.0. The predicted molar refractivity (Wildman–Crippen MR) is 122 cm³/mol. The smallest absolute Gasteiger partial charge is 0.303 e. The summed E-state index contributed by atoms with van der Waals surface area (Å²) < 4.78 is 29.9. The Hall–Kier alpha value is -0.930. The monoisotopic (exact) mass is 531 g/mol. The number of rotatable bonds is 9. The van der Waals surface area contributed by atoms with Gasteiger partial charge in [-0.1, -0.05) is 26.0 Å². The number of nitrogens with one attached hydrogen (secondary N) is 1. The number of halogens is 1. The van der Waals surface area contributed by atoms with Gasteiger partial charge in [0.05, 0.1) is 4.90 Å². The Balaban J connectivity index is 1.68. The van der Waals surface area contributed by atoms with Crippen molar-refractivity contribution in [2.75, 3.05) is 0 Å². The number of carboxylic acids is 1. The van der Waals surface area contributed by atoms with E-state index in [2.05, 4.69) is 47.2 Å². The molecule has 3 fully saturated rings. The molecule has 4 atom stereocenters. The Morgan fingerprint density at radius 2 is 1.93 bits per heavy atom. The first-order chi connectivity index (χ1) is 13.6. The largest absolute Gasteiger partial charge is 0.481 e. The van der Waals surface area contributed by atoms with E-state index >= 15 is 0 Å². The Morgan fingerprint density at radius 1 is 1.24 bits per heavy atom. The van der Waals surface area contributed by atoms with E-state index in [1.807, 2.05) is 18.2 Å². The number of benzene rings is 1. The zero-order chi connectivity index (χ0) is 21.2. The van der Waals surface area contributed by atoms with Gasteiger partial charge in [0.2, 0.25) is 10.0 Å². The van der Waals surface area contributed by atoms with Crippen molar-refractivity contribution in [2.45, 2.75) is 63.3 Å². The molecule has 1 aromatic carbocycles. The van der Waals surface area contributed by atoms with Gasteiger partial charge in [-0.15, -0.1) is 0 Å². The van der Waals surface area contributed by atoms with Crippen LogP contribution in [0.15, 0.2) is 41.3 Å². The molecule has 0 aliphatic heterocycles. The molecule has 160 valence electrons. The minimum Gasteiger partial charge on any atom is -0.481 e. The summed E-state index contributed by atoms with van der Waals surface area (Å²) >= 11 is 2.17. The van der Waals surface area contributed by atoms with Gasteiger partial charge in [-0.3, -0.25) is 4.79 Å². The van der Waals surface area contributed by atoms with Crippen molar-refractivity contribution in [1.29, 1.82) is 0 Å². The van der Waals surface area contributed by atoms with Crippen LogP contribution in [0, 0.1) is 26.7 Å². The number of carbonyl (C=O) groups is 1. The van der Waals surface area contributed by atoms with Crippen molar-refractivity contribution in [3.8, 4) is 0 Å². The molecule has 0 aromatic heterocycles. The maximum Gasteiger partial charge on any atom is 0.303 e. The molecular weight excluding hydrogens is 501 g/mol. The molecule has 0 spiro atoms. The lowest BCUT2D eigenvalue weighted by Crippen LogP contribution is -2.61. The second-order valence-corrected chi connectivity index (χ2v) is 11.9. The number of aliphatic carboxylic acids is 1. The number of unbranched alkanes of at least 4 members (excludes halogenated alkanes) is 1. The van der Waals surface area contributed by atoms with Crippen LogP contribution in [0.4, 0.5) is 0 Å². The van der Waals surface area contributed by atoms with E-state index in [9.17, 15) is 13.2 Å². The van der Waals surface area contributed by atoms with Crippen LogP contribution in [0.5, 0.6) is 0 Å². The van der Waals surface area contributed by atoms with E-state index in [0.29, 0.717) is 23.2 Å². The quantitative estimate of drug-likeness (QED) is 0.272. The molecule has 2 N–H and O–H groups in total. The summed E-state index contributed by atoms with van der Waals surface area (Å²) in [5.41, 5.74) is 0.257. The molecule has 0 heterocycles. The standard InChI is InChI=1S/C22H30INO4S/c1-22(2)15-13-19(22)18(7-5-3-4-6-8-21(25)26)20(14-15)24-29(27,28)17-11-9-16(23)10-12-17/h3,5,9-12,15,18-20,24H,4,6-8,13-14H2,1-2H3,(H,25,26). The Kier molecular flexibility index (Phi) is 7.10. The average molecular weight is 531 g/mol. The molecule has 4 rings (SSSR count). The first-order valence-corrected chi connectivity index (χ1v) is 12.8. The molecule has 7 heteroatoms. The molecule has 4 unspecified atom stereocenters. The highest BCUT2D eigenvalue weighted by atomic mass is 127. The van der Waals surface area contributed by atoms with Crippen molar-refractivity contribution in [3.63, 3.8) is 0 Å². The Morgan fingerprint density at radius 3 is 2.55 bits per heavy atom. The summed E-state index contributed by atoms with van der Waals surface area (Å²) in [5.74, 6) is 0.574. The summed E-state index contributed by atoms with van der Waals surface area (Å²) in [5, 5.41) is 8.73. The van der Waals surface area contributed by atoms with E-state index < -0.39 is 16.0 Å². The maximum atomic E-state index is 12.9. The summed E-state index contributed by atoms with van der Waals surface area (Å²) in [6, 6.07) is 6.89. The highest BCUT2D eigenvalue weighted by Gasteiger charge is 2.57. The summed E-state index contributed by atoms with van der Waals surface area (Å²) in [6.45, 7) is 4.61. The van der Waals surface area contributed by atoms with Crippen molar-refractivity contribution < 1.29 is 18.3 Å². The van der Waals surface area contributed by atoms with Gasteiger partial charge in [0.25, 0.3) is 0 Å². The summed E-state index contributed by atoms with van der Waals surface area (Å²) in [7, 11) is -3.54. The lowest BCUT2D eigenvalue weighted by atomic mass is 9.44. The van der Waals surface area contributed by atoms with Gasteiger partial charge in [-0.05, 0) is 102 Å². The second-order valence-electron chi connectivity index (χ2n) is 8.93.